The van der Waals surface area contributed by atoms with Crippen LogP contribution in [0.3, 0.4) is 0 Å². The number of aldehydes is 1. The minimum Gasteiger partial charge on any atom is -0.443 e. The minimum absolute atomic E-state index is 0.0254. The maximum atomic E-state index is 15.1. The van der Waals surface area contributed by atoms with Crippen molar-refractivity contribution in [2.75, 3.05) is 25.0 Å². The van der Waals surface area contributed by atoms with Gasteiger partial charge in [-0.2, -0.15) is 0 Å². The number of imide groups is 1. The highest BCUT2D eigenvalue weighted by atomic mass is 19.1. The number of piperazine rings is 1. The zero-order valence-corrected chi connectivity index (χ0v) is 22.6. The molecule has 1 saturated heterocycles. The molecule has 39 heavy (non-hydrogen) atoms. The van der Waals surface area contributed by atoms with Crippen molar-refractivity contribution >= 4 is 30.0 Å². The van der Waals surface area contributed by atoms with Crippen LogP contribution in [0.25, 0.3) is 0 Å². The number of hydrogen-bond acceptors (Lipinski definition) is 5. The van der Waals surface area contributed by atoms with Crippen molar-refractivity contribution in [3.05, 3.63) is 65.2 Å². The summed E-state index contributed by atoms with van der Waals surface area (Å²) in [7, 11) is 1.17. The first-order chi connectivity index (χ1) is 18.3. The number of carbonyl (C=O) groups is 4. The standard InChI is InChI=1S/C29H31F2N3O5/c1-6-29(14-17-35)25(36)33(27(38)39-28(2,3)4)15-16-34(29)26(37)32(5)24-22(30)18-21(19-23(24)31)13-12-20-10-8-7-9-11-20/h7-11,17-19H,6,14-16H2,1-5H3. The normalized spacial score (nSPS) is 17.3. The molecule has 0 radical (unpaired) electrons. The Morgan fingerprint density at radius 3 is 2.21 bits per heavy atom. The number of urea groups is 1. The molecule has 0 bridgehead atoms. The molecule has 0 aromatic heterocycles. The highest BCUT2D eigenvalue weighted by molar-refractivity contribution is 6.04. The van der Waals surface area contributed by atoms with E-state index in [9.17, 15) is 19.2 Å². The quantitative estimate of drug-likeness (QED) is 0.414. The number of carbonyl (C=O) groups excluding carboxylic acids is 4. The van der Waals surface area contributed by atoms with Gasteiger partial charge in [-0.1, -0.05) is 37.0 Å². The van der Waals surface area contributed by atoms with E-state index in [0.29, 0.717) is 11.8 Å². The van der Waals surface area contributed by atoms with Crippen LogP contribution in [0.5, 0.6) is 0 Å². The third-order valence-electron chi connectivity index (χ3n) is 6.32. The number of halogens is 2. The van der Waals surface area contributed by atoms with Crippen molar-refractivity contribution in [3.8, 4) is 11.8 Å². The van der Waals surface area contributed by atoms with Crippen LogP contribution in [0.4, 0.5) is 24.1 Å². The SMILES string of the molecule is CCC1(CC=O)C(=O)N(C(=O)OC(C)(C)C)CCN1C(=O)N(C)c1c(F)cc(C#Cc2ccccc2)cc1F. The van der Waals surface area contributed by atoms with E-state index >= 15 is 8.78 Å². The van der Waals surface area contributed by atoms with E-state index in [1.54, 1.807) is 52.0 Å². The molecule has 2 aromatic rings. The van der Waals surface area contributed by atoms with E-state index in [2.05, 4.69) is 11.8 Å². The maximum absolute atomic E-state index is 15.1. The van der Waals surface area contributed by atoms with Gasteiger partial charge in [0.15, 0.2) is 11.6 Å². The number of ether oxygens (including phenoxy) is 1. The number of benzene rings is 2. The highest BCUT2D eigenvalue weighted by Gasteiger charge is 2.53. The number of hydrogen-bond donors (Lipinski definition) is 0. The van der Waals surface area contributed by atoms with E-state index in [4.69, 9.17) is 4.74 Å². The zero-order chi connectivity index (χ0) is 29.0. The number of rotatable bonds is 4. The Morgan fingerprint density at radius 2 is 1.67 bits per heavy atom. The molecule has 3 rings (SSSR count). The largest absolute Gasteiger partial charge is 0.443 e. The van der Waals surface area contributed by atoms with Crippen LogP contribution in [-0.4, -0.2) is 65.4 Å². The first kappa shape index (κ1) is 29.3. The smallest absolute Gasteiger partial charge is 0.417 e. The summed E-state index contributed by atoms with van der Waals surface area (Å²) in [6, 6.07) is 10.0. The summed E-state index contributed by atoms with van der Waals surface area (Å²) in [6.45, 7) is 6.13. The molecule has 0 N–H and O–H groups in total. The summed E-state index contributed by atoms with van der Waals surface area (Å²) < 4.78 is 35.6. The number of nitrogens with zero attached hydrogens (tertiary/aromatic N) is 3. The third-order valence-corrected chi connectivity index (χ3v) is 6.32. The average molecular weight is 540 g/mol. The Kier molecular flexibility index (Phi) is 8.74. The summed E-state index contributed by atoms with van der Waals surface area (Å²) >= 11 is 0. The summed E-state index contributed by atoms with van der Waals surface area (Å²) in [6.07, 6.45) is -0.870. The lowest BCUT2D eigenvalue weighted by Gasteiger charge is -2.48. The van der Waals surface area contributed by atoms with Crippen molar-refractivity contribution in [2.24, 2.45) is 0 Å². The summed E-state index contributed by atoms with van der Waals surface area (Å²) in [5.41, 5.74) is -2.52. The van der Waals surface area contributed by atoms with Gasteiger partial charge in [0.2, 0.25) is 0 Å². The molecule has 206 valence electrons. The molecule has 1 aliphatic rings. The minimum atomic E-state index is -1.74. The molecule has 0 spiro atoms. The van der Waals surface area contributed by atoms with Crippen LogP contribution in [0.1, 0.15) is 51.7 Å². The van der Waals surface area contributed by atoms with Gasteiger partial charge in [0.05, 0.1) is 0 Å². The molecule has 1 atom stereocenters. The molecule has 2 aromatic carbocycles. The highest BCUT2D eigenvalue weighted by Crippen LogP contribution is 2.33. The van der Waals surface area contributed by atoms with Gasteiger partial charge < -0.3 is 14.4 Å². The van der Waals surface area contributed by atoms with E-state index in [0.717, 1.165) is 26.8 Å². The fraction of sp³-hybridized carbons (Fsp3) is 0.379. The first-order valence-electron chi connectivity index (χ1n) is 12.4. The van der Waals surface area contributed by atoms with Gasteiger partial charge >= 0.3 is 12.1 Å². The van der Waals surface area contributed by atoms with Gasteiger partial charge in [-0.05, 0) is 51.5 Å². The number of amides is 4. The Balaban J connectivity index is 1.92. The van der Waals surface area contributed by atoms with Gasteiger partial charge in [-0.3, -0.25) is 9.69 Å². The molecule has 8 nitrogen and oxygen atoms in total. The van der Waals surface area contributed by atoms with Crippen LogP contribution in [0.2, 0.25) is 0 Å². The van der Waals surface area contributed by atoms with E-state index in [1.165, 1.54) is 7.05 Å². The lowest BCUT2D eigenvalue weighted by molar-refractivity contribution is -0.149. The molecule has 0 aliphatic carbocycles. The van der Waals surface area contributed by atoms with E-state index in [-0.39, 0.29) is 25.1 Å². The van der Waals surface area contributed by atoms with Crippen molar-refractivity contribution in [2.45, 2.75) is 51.7 Å². The lowest BCUT2D eigenvalue weighted by Crippen LogP contribution is -2.69. The zero-order valence-electron chi connectivity index (χ0n) is 22.6. The molecule has 10 heteroatoms. The van der Waals surface area contributed by atoms with Crippen molar-refractivity contribution in [1.82, 2.24) is 9.80 Å². The Bertz CT molecular complexity index is 1310. The molecule has 1 aliphatic heterocycles. The molecule has 1 fully saturated rings. The average Bonchev–Trinajstić information content (AvgIpc) is 2.87. The Hall–Kier alpha value is -4.26. The van der Waals surface area contributed by atoms with E-state index in [1.807, 2.05) is 6.07 Å². The fourth-order valence-electron chi connectivity index (χ4n) is 4.37. The van der Waals surface area contributed by atoms with Gasteiger partial charge in [0.1, 0.15) is 23.1 Å². The third kappa shape index (κ3) is 6.25. The molecule has 4 amide bonds. The van der Waals surface area contributed by atoms with Gasteiger partial charge in [-0.25, -0.2) is 23.3 Å². The molecule has 1 unspecified atom stereocenters. The Labute approximate surface area is 226 Å². The van der Waals surface area contributed by atoms with Gasteiger partial charge in [0.25, 0.3) is 5.91 Å². The lowest BCUT2D eigenvalue weighted by atomic mass is 9.86. The first-order valence-corrected chi connectivity index (χ1v) is 12.4. The summed E-state index contributed by atoms with van der Waals surface area (Å²) in [4.78, 5) is 54.2. The van der Waals surface area contributed by atoms with Crippen LogP contribution in [-0.2, 0) is 14.3 Å². The van der Waals surface area contributed by atoms with Crippen LogP contribution < -0.4 is 4.90 Å². The van der Waals surface area contributed by atoms with Crippen LogP contribution >= 0.6 is 0 Å². The van der Waals surface area contributed by atoms with Crippen LogP contribution in [0, 0.1) is 23.5 Å². The second-order valence-electron chi connectivity index (χ2n) is 10.1. The molecule has 1 heterocycles. The monoisotopic (exact) mass is 539 g/mol. The predicted octanol–water partition coefficient (Wildman–Crippen LogP) is 4.74. The van der Waals surface area contributed by atoms with Crippen molar-refractivity contribution < 1.29 is 32.7 Å². The predicted molar refractivity (Wildman–Crippen MR) is 141 cm³/mol. The topological polar surface area (TPSA) is 87.2 Å². The molecular formula is C29H31F2N3O5. The van der Waals surface area contributed by atoms with Gasteiger partial charge in [0, 0.05) is 37.7 Å². The van der Waals surface area contributed by atoms with Crippen LogP contribution in [0.15, 0.2) is 42.5 Å². The Morgan fingerprint density at radius 1 is 1.08 bits per heavy atom. The maximum Gasteiger partial charge on any atom is 0.417 e. The van der Waals surface area contributed by atoms with Crippen molar-refractivity contribution in [3.63, 3.8) is 0 Å². The summed E-state index contributed by atoms with van der Waals surface area (Å²) in [5, 5.41) is 0. The number of anilines is 1. The molecular weight excluding hydrogens is 508 g/mol. The fourth-order valence-corrected chi connectivity index (χ4v) is 4.37. The van der Waals surface area contributed by atoms with E-state index < -0.39 is 52.9 Å². The summed E-state index contributed by atoms with van der Waals surface area (Å²) in [5.74, 6) is 2.66. The van der Waals surface area contributed by atoms with Crippen molar-refractivity contribution in [1.29, 1.82) is 0 Å². The van der Waals surface area contributed by atoms with Gasteiger partial charge in [-0.15, -0.1) is 0 Å². The molecule has 0 saturated carbocycles. The second kappa shape index (κ2) is 11.6. The second-order valence-corrected chi connectivity index (χ2v) is 10.1.